The van der Waals surface area contributed by atoms with Crippen molar-refractivity contribution in [1.82, 2.24) is 4.90 Å². The van der Waals surface area contributed by atoms with Crippen molar-refractivity contribution < 1.29 is 19.1 Å². The molecule has 198 valence electrons. The van der Waals surface area contributed by atoms with E-state index in [1.54, 1.807) is 4.90 Å². The van der Waals surface area contributed by atoms with E-state index in [-0.39, 0.29) is 30.1 Å². The van der Waals surface area contributed by atoms with Crippen LogP contribution >= 0.6 is 0 Å². The zero-order valence-electron chi connectivity index (χ0n) is 22.5. The fraction of sp³-hybridized carbons (Fsp3) is 0.344. The van der Waals surface area contributed by atoms with Crippen LogP contribution in [0.2, 0.25) is 0 Å². The lowest BCUT2D eigenvalue weighted by Gasteiger charge is -2.31. The molecule has 0 aromatic heterocycles. The molecule has 0 spiro atoms. The van der Waals surface area contributed by atoms with E-state index in [0.29, 0.717) is 44.6 Å². The van der Waals surface area contributed by atoms with Gasteiger partial charge in [0.05, 0.1) is 25.5 Å². The van der Waals surface area contributed by atoms with E-state index in [1.165, 1.54) is 0 Å². The first-order chi connectivity index (χ1) is 18.3. The van der Waals surface area contributed by atoms with Gasteiger partial charge in [-0.15, -0.1) is 0 Å². The summed E-state index contributed by atoms with van der Waals surface area (Å²) in [6.45, 7) is 7.81. The first-order valence-electron chi connectivity index (χ1n) is 13.3. The van der Waals surface area contributed by atoms with Crippen LogP contribution in [-0.4, -0.2) is 42.4 Å². The van der Waals surface area contributed by atoms with Crippen molar-refractivity contribution in [3.63, 3.8) is 0 Å². The van der Waals surface area contributed by atoms with Crippen LogP contribution in [0.15, 0.2) is 72.8 Å². The van der Waals surface area contributed by atoms with Crippen LogP contribution in [0.3, 0.4) is 0 Å². The van der Waals surface area contributed by atoms with Gasteiger partial charge in [-0.3, -0.25) is 14.4 Å². The number of amides is 2. The van der Waals surface area contributed by atoms with Gasteiger partial charge in [0.1, 0.15) is 0 Å². The standard InChI is InChI=1S/C32H36N2O4/c1-4-38-32(37)28-16-18-33(19-17-28)30(35)21-25-10-14-29(15-11-25)34(22-26-7-5-6-24(3)20-26)31(36)27-12-8-23(2)9-13-27/h5-15,20,28H,4,16-19,21-22H2,1-3H3. The summed E-state index contributed by atoms with van der Waals surface area (Å²) in [5.74, 6) is -0.304. The fourth-order valence-corrected chi connectivity index (χ4v) is 4.83. The molecule has 2 amide bonds. The third-order valence-corrected chi connectivity index (χ3v) is 7.04. The molecule has 0 N–H and O–H groups in total. The minimum absolute atomic E-state index is 0.0485. The smallest absolute Gasteiger partial charge is 0.309 e. The predicted molar refractivity (Wildman–Crippen MR) is 149 cm³/mol. The highest BCUT2D eigenvalue weighted by Gasteiger charge is 2.28. The summed E-state index contributed by atoms with van der Waals surface area (Å²) in [5.41, 5.74) is 5.61. The topological polar surface area (TPSA) is 66.9 Å². The molecule has 1 fully saturated rings. The molecule has 0 aliphatic carbocycles. The zero-order chi connectivity index (χ0) is 27.1. The van der Waals surface area contributed by atoms with Crippen molar-refractivity contribution in [3.05, 3.63) is 101 Å². The van der Waals surface area contributed by atoms with Crippen LogP contribution in [-0.2, 0) is 27.3 Å². The minimum atomic E-state index is -0.161. The van der Waals surface area contributed by atoms with Gasteiger partial charge in [0.25, 0.3) is 5.91 Å². The first kappa shape index (κ1) is 27.1. The largest absolute Gasteiger partial charge is 0.466 e. The number of nitrogens with zero attached hydrogens (tertiary/aromatic N) is 2. The SMILES string of the molecule is CCOC(=O)C1CCN(C(=O)Cc2ccc(N(Cc3cccc(C)c3)C(=O)c3ccc(C)cc3)cc2)CC1. The van der Waals surface area contributed by atoms with Gasteiger partial charge in [-0.2, -0.15) is 0 Å². The molecule has 38 heavy (non-hydrogen) atoms. The molecule has 0 atom stereocenters. The Labute approximate surface area is 225 Å². The second-order valence-electron chi connectivity index (χ2n) is 10.00. The Bertz CT molecular complexity index is 1260. The summed E-state index contributed by atoms with van der Waals surface area (Å²) < 4.78 is 5.13. The maximum absolute atomic E-state index is 13.6. The molecule has 1 aliphatic heterocycles. The summed E-state index contributed by atoms with van der Waals surface area (Å²) in [6, 6.07) is 23.4. The Kier molecular flexibility index (Phi) is 8.95. The lowest BCUT2D eigenvalue weighted by molar-refractivity contribution is -0.151. The number of hydrogen-bond donors (Lipinski definition) is 0. The monoisotopic (exact) mass is 512 g/mol. The number of aryl methyl sites for hydroxylation is 2. The number of ether oxygens (including phenoxy) is 1. The van der Waals surface area contributed by atoms with Gasteiger partial charge >= 0.3 is 5.97 Å². The number of rotatable bonds is 8. The predicted octanol–water partition coefficient (Wildman–Crippen LogP) is 5.49. The van der Waals surface area contributed by atoms with Crippen LogP contribution in [0.1, 0.15) is 52.4 Å². The van der Waals surface area contributed by atoms with E-state index in [2.05, 4.69) is 6.07 Å². The third kappa shape index (κ3) is 6.88. The molecule has 1 heterocycles. The van der Waals surface area contributed by atoms with Gasteiger partial charge in [-0.1, -0.05) is 59.7 Å². The number of esters is 1. The average Bonchev–Trinajstić information content (AvgIpc) is 2.92. The minimum Gasteiger partial charge on any atom is -0.466 e. The quantitative estimate of drug-likeness (QED) is 0.374. The molecule has 0 bridgehead atoms. The Morgan fingerprint density at radius 3 is 2.18 bits per heavy atom. The van der Waals surface area contributed by atoms with Gasteiger partial charge in [-0.25, -0.2) is 0 Å². The number of piperidine rings is 1. The highest BCUT2D eigenvalue weighted by atomic mass is 16.5. The molecule has 4 rings (SSSR count). The molecule has 1 saturated heterocycles. The van der Waals surface area contributed by atoms with Crippen molar-refractivity contribution in [2.75, 3.05) is 24.6 Å². The maximum atomic E-state index is 13.6. The van der Waals surface area contributed by atoms with E-state index < -0.39 is 0 Å². The van der Waals surface area contributed by atoms with Crippen LogP contribution in [0.4, 0.5) is 5.69 Å². The third-order valence-electron chi connectivity index (χ3n) is 7.04. The number of hydrogen-bond acceptors (Lipinski definition) is 4. The fourth-order valence-electron chi connectivity index (χ4n) is 4.83. The highest BCUT2D eigenvalue weighted by molar-refractivity contribution is 6.06. The normalized spacial score (nSPS) is 13.7. The molecular formula is C32H36N2O4. The van der Waals surface area contributed by atoms with Crippen molar-refractivity contribution in [3.8, 4) is 0 Å². The summed E-state index contributed by atoms with van der Waals surface area (Å²) >= 11 is 0. The van der Waals surface area contributed by atoms with E-state index in [9.17, 15) is 14.4 Å². The van der Waals surface area contributed by atoms with Crippen molar-refractivity contribution in [2.45, 2.75) is 46.6 Å². The van der Waals surface area contributed by atoms with Gasteiger partial charge < -0.3 is 14.5 Å². The van der Waals surface area contributed by atoms with E-state index >= 15 is 0 Å². The molecule has 0 saturated carbocycles. The Hall–Kier alpha value is -3.93. The second kappa shape index (κ2) is 12.5. The van der Waals surface area contributed by atoms with E-state index in [0.717, 1.165) is 27.9 Å². The van der Waals surface area contributed by atoms with E-state index in [1.807, 2.05) is 92.4 Å². The lowest BCUT2D eigenvalue weighted by Crippen LogP contribution is -2.41. The van der Waals surface area contributed by atoms with Crippen LogP contribution in [0.25, 0.3) is 0 Å². The van der Waals surface area contributed by atoms with Gasteiger partial charge in [0.2, 0.25) is 5.91 Å². The summed E-state index contributed by atoms with van der Waals surface area (Å²) in [7, 11) is 0. The van der Waals surface area contributed by atoms with Crippen LogP contribution in [0, 0.1) is 19.8 Å². The molecule has 1 aliphatic rings. The summed E-state index contributed by atoms with van der Waals surface area (Å²) in [6.07, 6.45) is 1.56. The summed E-state index contributed by atoms with van der Waals surface area (Å²) in [4.78, 5) is 42.1. The van der Waals surface area contributed by atoms with Crippen LogP contribution in [0.5, 0.6) is 0 Å². The average molecular weight is 513 g/mol. The molecule has 3 aromatic carbocycles. The molecule has 0 radical (unpaired) electrons. The zero-order valence-corrected chi connectivity index (χ0v) is 22.5. The van der Waals surface area contributed by atoms with Crippen molar-refractivity contribution in [2.24, 2.45) is 5.92 Å². The molecule has 0 unspecified atom stereocenters. The van der Waals surface area contributed by atoms with Gasteiger partial charge in [0, 0.05) is 24.3 Å². The summed E-state index contributed by atoms with van der Waals surface area (Å²) in [5, 5.41) is 0. The van der Waals surface area contributed by atoms with Crippen LogP contribution < -0.4 is 4.90 Å². The van der Waals surface area contributed by atoms with Gasteiger partial charge in [-0.05, 0) is 69.0 Å². The number of carbonyl (C=O) groups excluding carboxylic acids is 3. The lowest BCUT2D eigenvalue weighted by atomic mass is 9.96. The Morgan fingerprint density at radius 1 is 0.868 bits per heavy atom. The first-order valence-corrected chi connectivity index (χ1v) is 13.3. The van der Waals surface area contributed by atoms with E-state index in [4.69, 9.17) is 4.74 Å². The number of anilines is 1. The number of likely N-dealkylation sites (tertiary alicyclic amines) is 1. The second-order valence-corrected chi connectivity index (χ2v) is 10.00. The molecule has 3 aromatic rings. The Balaban J connectivity index is 1.45. The maximum Gasteiger partial charge on any atom is 0.309 e. The number of carbonyl (C=O) groups is 3. The Morgan fingerprint density at radius 2 is 1.55 bits per heavy atom. The molecular weight excluding hydrogens is 476 g/mol. The van der Waals surface area contributed by atoms with Crippen molar-refractivity contribution >= 4 is 23.5 Å². The van der Waals surface area contributed by atoms with Crippen molar-refractivity contribution in [1.29, 1.82) is 0 Å². The highest BCUT2D eigenvalue weighted by Crippen LogP contribution is 2.23. The number of benzene rings is 3. The molecule has 6 heteroatoms. The molecule has 6 nitrogen and oxygen atoms in total. The van der Waals surface area contributed by atoms with Gasteiger partial charge in [0.15, 0.2) is 0 Å².